The number of halogens is 1. The fraction of sp³-hybridized carbons (Fsp3) is 0.455. The van der Waals surface area contributed by atoms with Crippen molar-refractivity contribution in [1.29, 1.82) is 5.26 Å². The van der Waals surface area contributed by atoms with Crippen molar-refractivity contribution < 1.29 is 8.42 Å². The molecule has 2 aromatic rings. The lowest BCUT2D eigenvalue weighted by Gasteiger charge is -2.32. The van der Waals surface area contributed by atoms with Crippen LogP contribution in [0.15, 0.2) is 36.7 Å². The second-order valence-electron chi connectivity index (χ2n) is 7.96. The van der Waals surface area contributed by atoms with Crippen molar-refractivity contribution in [3.8, 4) is 17.2 Å². The largest absolute Gasteiger partial charge is 0.264 e. The first-order valence-electron chi connectivity index (χ1n) is 9.91. The van der Waals surface area contributed by atoms with E-state index in [9.17, 15) is 8.42 Å². The van der Waals surface area contributed by atoms with E-state index in [-0.39, 0.29) is 17.7 Å². The van der Waals surface area contributed by atoms with Crippen LogP contribution >= 0.6 is 11.6 Å². The van der Waals surface area contributed by atoms with Gasteiger partial charge in [-0.3, -0.25) is 4.98 Å². The highest BCUT2D eigenvalue weighted by molar-refractivity contribution is 7.89. The maximum absolute atomic E-state index is 12.9. The summed E-state index contributed by atoms with van der Waals surface area (Å²) in [5, 5.41) is 9.48. The van der Waals surface area contributed by atoms with Gasteiger partial charge < -0.3 is 0 Å². The molecule has 1 fully saturated rings. The lowest BCUT2D eigenvalue weighted by molar-refractivity contribution is 0.269. The van der Waals surface area contributed by atoms with E-state index in [2.05, 4.69) is 11.1 Å². The van der Waals surface area contributed by atoms with Crippen LogP contribution in [-0.4, -0.2) is 30.0 Å². The van der Waals surface area contributed by atoms with Crippen LogP contribution in [0.5, 0.6) is 0 Å². The van der Waals surface area contributed by atoms with Crippen LogP contribution in [-0.2, 0) is 10.0 Å². The Morgan fingerprint density at radius 2 is 1.97 bits per heavy atom. The molecule has 0 aliphatic heterocycles. The fourth-order valence-electron chi connectivity index (χ4n) is 3.57. The molecule has 0 radical (unpaired) electrons. The van der Waals surface area contributed by atoms with E-state index in [1.807, 2.05) is 26.0 Å². The van der Waals surface area contributed by atoms with Crippen LogP contribution in [0.2, 0.25) is 5.02 Å². The summed E-state index contributed by atoms with van der Waals surface area (Å²) in [7, 11) is -3.35. The summed E-state index contributed by atoms with van der Waals surface area (Å²) in [5.41, 5.74) is 3.04. The van der Waals surface area contributed by atoms with E-state index in [0.29, 0.717) is 23.0 Å². The van der Waals surface area contributed by atoms with Gasteiger partial charge in [0, 0.05) is 24.5 Å². The molecule has 0 saturated heterocycles. The first-order chi connectivity index (χ1) is 13.8. The Morgan fingerprint density at radius 1 is 1.24 bits per heavy atom. The van der Waals surface area contributed by atoms with Gasteiger partial charge in [-0.25, -0.2) is 8.42 Å². The highest BCUT2D eigenvalue weighted by Crippen LogP contribution is 2.46. The summed E-state index contributed by atoms with van der Waals surface area (Å²) < 4.78 is 27.5. The number of pyridine rings is 1. The van der Waals surface area contributed by atoms with Gasteiger partial charge in [0.2, 0.25) is 10.0 Å². The number of nitrogens with zero attached hydrogens (tertiary/aromatic N) is 3. The van der Waals surface area contributed by atoms with Crippen molar-refractivity contribution in [2.75, 3.05) is 12.3 Å². The number of aromatic nitrogens is 1. The molecule has 3 rings (SSSR count). The molecule has 1 saturated carbocycles. The number of rotatable bonds is 8. The molecule has 1 aromatic heterocycles. The Balaban J connectivity index is 2.04. The van der Waals surface area contributed by atoms with E-state index in [1.165, 1.54) is 0 Å². The smallest absolute Gasteiger partial charge is 0.214 e. The number of sulfonamides is 1. The zero-order chi connectivity index (χ0) is 21.2. The van der Waals surface area contributed by atoms with Crippen LogP contribution in [0.25, 0.3) is 11.1 Å². The van der Waals surface area contributed by atoms with Crippen molar-refractivity contribution in [2.45, 2.75) is 39.7 Å². The summed E-state index contributed by atoms with van der Waals surface area (Å²) in [6.07, 6.45) is 5.55. The van der Waals surface area contributed by atoms with E-state index in [0.717, 1.165) is 29.5 Å². The minimum atomic E-state index is -3.35. The monoisotopic (exact) mass is 431 g/mol. The number of nitriles is 1. The molecule has 154 valence electrons. The van der Waals surface area contributed by atoms with E-state index < -0.39 is 10.0 Å². The number of hydrogen-bond donors (Lipinski definition) is 0. The Kier molecular flexibility index (Phi) is 6.62. The average Bonchev–Trinajstić information content (AvgIpc) is 3.52. The van der Waals surface area contributed by atoms with Gasteiger partial charge in [0.25, 0.3) is 0 Å². The maximum Gasteiger partial charge on any atom is 0.214 e. The van der Waals surface area contributed by atoms with Crippen molar-refractivity contribution in [3.63, 3.8) is 0 Å². The fourth-order valence-corrected chi connectivity index (χ4v) is 5.29. The van der Waals surface area contributed by atoms with Crippen molar-refractivity contribution in [1.82, 2.24) is 9.29 Å². The third-order valence-corrected chi connectivity index (χ3v) is 7.30. The van der Waals surface area contributed by atoms with Gasteiger partial charge in [-0.2, -0.15) is 9.57 Å². The van der Waals surface area contributed by atoms with Crippen LogP contribution in [0, 0.1) is 23.2 Å². The first-order valence-corrected chi connectivity index (χ1v) is 11.9. The van der Waals surface area contributed by atoms with E-state index in [4.69, 9.17) is 16.9 Å². The minimum absolute atomic E-state index is 0.0846. The normalized spacial score (nSPS) is 15.5. The molecule has 1 aliphatic carbocycles. The standard InChI is InChI=1S/C22H26ClN3O2S/c1-4-29(27,28)26(14-15(2)3)22(16-5-6-16)20-9-19(12-25-13-20)17-7-8-18(11-24)21(23)10-17/h7-10,12-13,15-16,22H,4-6,14H2,1-3H3. The SMILES string of the molecule is CCS(=O)(=O)N(CC(C)C)C(c1cncc(-c2ccc(C#N)c(Cl)c2)c1)C1CC1. The highest BCUT2D eigenvalue weighted by Gasteiger charge is 2.41. The molecule has 0 amide bonds. The van der Waals surface area contributed by atoms with Crippen LogP contribution in [0.1, 0.15) is 50.8 Å². The summed E-state index contributed by atoms with van der Waals surface area (Å²) in [6, 6.07) is 9.14. The van der Waals surface area contributed by atoms with Gasteiger partial charge in [0.05, 0.1) is 22.4 Å². The van der Waals surface area contributed by atoms with Crippen molar-refractivity contribution >= 4 is 21.6 Å². The third kappa shape index (κ3) is 4.98. The molecule has 0 N–H and O–H groups in total. The van der Waals surface area contributed by atoms with Crippen molar-refractivity contribution in [3.05, 3.63) is 52.8 Å². The third-order valence-electron chi connectivity index (χ3n) is 5.17. The summed E-state index contributed by atoms with van der Waals surface area (Å²) in [4.78, 5) is 4.40. The summed E-state index contributed by atoms with van der Waals surface area (Å²) in [6.45, 7) is 6.26. The molecule has 1 aromatic carbocycles. The second kappa shape index (κ2) is 8.83. The molecule has 5 nitrogen and oxygen atoms in total. The van der Waals surface area contributed by atoms with Crippen LogP contribution in [0.4, 0.5) is 0 Å². The minimum Gasteiger partial charge on any atom is -0.264 e. The molecule has 0 spiro atoms. The van der Waals surface area contributed by atoms with Crippen LogP contribution < -0.4 is 0 Å². The highest BCUT2D eigenvalue weighted by atomic mass is 35.5. The molecule has 1 unspecified atom stereocenters. The number of hydrogen-bond acceptors (Lipinski definition) is 4. The van der Waals surface area contributed by atoms with Gasteiger partial charge in [-0.15, -0.1) is 0 Å². The van der Waals surface area contributed by atoms with Gasteiger partial charge in [0.15, 0.2) is 0 Å². The predicted octanol–water partition coefficient (Wildman–Crippen LogP) is 5.03. The van der Waals surface area contributed by atoms with E-state index >= 15 is 0 Å². The molecule has 1 heterocycles. The zero-order valence-corrected chi connectivity index (χ0v) is 18.5. The van der Waals surface area contributed by atoms with E-state index in [1.54, 1.807) is 35.8 Å². The predicted molar refractivity (Wildman–Crippen MR) is 116 cm³/mol. The topological polar surface area (TPSA) is 74.1 Å². The Morgan fingerprint density at radius 3 is 2.52 bits per heavy atom. The molecule has 1 atom stereocenters. The summed E-state index contributed by atoms with van der Waals surface area (Å²) in [5.74, 6) is 0.629. The molecule has 29 heavy (non-hydrogen) atoms. The lowest BCUT2D eigenvalue weighted by atomic mass is 9.98. The van der Waals surface area contributed by atoms with Gasteiger partial charge in [0.1, 0.15) is 6.07 Å². The van der Waals surface area contributed by atoms with Crippen LogP contribution in [0.3, 0.4) is 0 Å². The second-order valence-corrected chi connectivity index (χ2v) is 10.6. The van der Waals surface area contributed by atoms with Crippen molar-refractivity contribution in [2.24, 2.45) is 11.8 Å². The average molecular weight is 432 g/mol. The maximum atomic E-state index is 12.9. The van der Waals surface area contributed by atoms with Gasteiger partial charge >= 0.3 is 0 Å². The Bertz CT molecular complexity index is 1030. The summed E-state index contributed by atoms with van der Waals surface area (Å²) >= 11 is 6.20. The Hall–Kier alpha value is -1.94. The molecule has 7 heteroatoms. The molecule has 1 aliphatic rings. The molecular formula is C22H26ClN3O2S. The van der Waals surface area contributed by atoms with Gasteiger partial charge in [-0.1, -0.05) is 31.5 Å². The first kappa shape index (κ1) is 21.8. The molecule has 0 bridgehead atoms. The zero-order valence-electron chi connectivity index (χ0n) is 17.0. The lowest BCUT2D eigenvalue weighted by Crippen LogP contribution is -2.39. The Labute approximate surface area is 178 Å². The van der Waals surface area contributed by atoms with Gasteiger partial charge in [-0.05, 0) is 60.9 Å². The quantitative estimate of drug-likeness (QED) is 0.587. The number of benzene rings is 1. The molecular weight excluding hydrogens is 406 g/mol.